The molecule has 2 heterocycles. The van der Waals surface area contributed by atoms with E-state index >= 15 is 0 Å². The van der Waals surface area contributed by atoms with Crippen LogP contribution in [-0.4, -0.2) is 44.3 Å². The summed E-state index contributed by atoms with van der Waals surface area (Å²) in [6.07, 6.45) is 2.82. The molecule has 0 saturated carbocycles. The number of aliphatic carboxylic acids is 1. The Morgan fingerprint density at radius 3 is 2.80 bits per heavy atom. The Kier molecular flexibility index (Phi) is 4.81. The molecule has 6 nitrogen and oxygen atoms in total. The van der Waals surface area contributed by atoms with Gasteiger partial charge in [0, 0.05) is 17.6 Å². The Labute approximate surface area is 151 Å². The minimum Gasteiger partial charge on any atom is -0.481 e. The SMILES string of the molecule is Cc1c(C(=O)N2CCC[C@@H](C(=O)O)[C@H]2C)cnn1-c1cccc(Cl)c1. The molecule has 2 atom stereocenters. The molecule has 0 radical (unpaired) electrons. The molecule has 1 amide bonds. The second-order valence-electron chi connectivity index (χ2n) is 6.36. The number of hydrogen-bond acceptors (Lipinski definition) is 3. The molecule has 2 aromatic rings. The van der Waals surface area contributed by atoms with E-state index in [4.69, 9.17) is 11.6 Å². The lowest BCUT2D eigenvalue weighted by molar-refractivity contribution is -0.144. The van der Waals surface area contributed by atoms with Crippen LogP contribution in [0.5, 0.6) is 0 Å². The number of benzene rings is 1. The van der Waals surface area contributed by atoms with Crippen molar-refractivity contribution in [3.05, 3.63) is 46.7 Å². The number of aromatic nitrogens is 2. The summed E-state index contributed by atoms with van der Waals surface area (Å²) in [7, 11) is 0. The molecule has 1 aliphatic heterocycles. The molecule has 1 saturated heterocycles. The van der Waals surface area contributed by atoms with Crippen LogP contribution in [-0.2, 0) is 4.79 Å². The Morgan fingerprint density at radius 1 is 1.36 bits per heavy atom. The Balaban J connectivity index is 1.90. The first-order valence-electron chi connectivity index (χ1n) is 8.24. The van der Waals surface area contributed by atoms with Crippen LogP contribution < -0.4 is 0 Å². The highest BCUT2D eigenvalue weighted by Crippen LogP contribution is 2.26. The first kappa shape index (κ1) is 17.5. The highest BCUT2D eigenvalue weighted by Gasteiger charge is 2.36. The van der Waals surface area contributed by atoms with E-state index in [0.717, 1.165) is 5.69 Å². The van der Waals surface area contributed by atoms with Gasteiger partial charge in [-0.15, -0.1) is 0 Å². The Bertz CT molecular complexity index is 818. The zero-order valence-electron chi connectivity index (χ0n) is 14.1. The summed E-state index contributed by atoms with van der Waals surface area (Å²) >= 11 is 6.03. The summed E-state index contributed by atoms with van der Waals surface area (Å²) in [6.45, 7) is 4.18. The molecule has 1 N–H and O–H groups in total. The van der Waals surface area contributed by atoms with Crippen molar-refractivity contribution in [1.29, 1.82) is 0 Å². The maximum atomic E-state index is 13.0. The first-order chi connectivity index (χ1) is 11.9. The van der Waals surface area contributed by atoms with Gasteiger partial charge in [-0.1, -0.05) is 17.7 Å². The summed E-state index contributed by atoms with van der Waals surface area (Å²) in [4.78, 5) is 26.0. The number of carbonyl (C=O) groups excluding carboxylic acids is 1. The van der Waals surface area contributed by atoms with E-state index in [9.17, 15) is 14.7 Å². The topological polar surface area (TPSA) is 75.4 Å². The number of piperidine rings is 1. The highest BCUT2D eigenvalue weighted by molar-refractivity contribution is 6.30. The van der Waals surface area contributed by atoms with Crippen molar-refractivity contribution in [3.8, 4) is 5.69 Å². The van der Waals surface area contributed by atoms with Crippen molar-refractivity contribution in [3.63, 3.8) is 0 Å². The molecule has 7 heteroatoms. The van der Waals surface area contributed by atoms with Gasteiger partial charge in [-0.05, 0) is 44.9 Å². The molecule has 25 heavy (non-hydrogen) atoms. The molecule has 0 bridgehead atoms. The molecular formula is C18H20ClN3O3. The standard InChI is InChI=1S/C18H20ClN3O3/c1-11-15(18(24)25)7-4-8-21(11)17(23)16-10-20-22(12(16)2)14-6-3-5-13(19)9-14/h3,5-6,9-11,15H,4,7-8H2,1-2H3,(H,24,25)/t11-,15-/m1/s1. The molecule has 3 rings (SSSR count). The van der Waals surface area contributed by atoms with Crippen molar-refractivity contribution in [2.24, 2.45) is 5.92 Å². The third-order valence-electron chi connectivity index (χ3n) is 4.86. The molecule has 0 unspecified atom stereocenters. The molecule has 1 aromatic carbocycles. The molecular weight excluding hydrogens is 342 g/mol. The number of rotatable bonds is 3. The second-order valence-corrected chi connectivity index (χ2v) is 6.80. The van der Waals surface area contributed by atoms with Crippen LogP contribution >= 0.6 is 11.6 Å². The van der Waals surface area contributed by atoms with Crippen LogP contribution in [0.25, 0.3) is 5.69 Å². The lowest BCUT2D eigenvalue weighted by Gasteiger charge is -2.37. The van der Waals surface area contributed by atoms with Crippen molar-refractivity contribution in [2.45, 2.75) is 32.7 Å². The van der Waals surface area contributed by atoms with E-state index in [1.165, 1.54) is 6.20 Å². The maximum Gasteiger partial charge on any atom is 0.308 e. The fraction of sp³-hybridized carbons (Fsp3) is 0.389. The van der Waals surface area contributed by atoms with Gasteiger partial charge in [0.15, 0.2) is 0 Å². The van der Waals surface area contributed by atoms with E-state index in [2.05, 4.69) is 5.10 Å². The molecule has 0 aliphatic carbocycles. The first-order valence-corrected chi connectivity index (χ1v) is 8.62. The van der Waals surface area contributed by atoms with Gasteiger partial charge in [0.2, 0.25) is 0 Å². The zero-order valence-corrected chi connectivity index (χ0v) is 14.9. The van der Waals surface area contributed by atoms with Crippen molar-refractivity contribution >= 4 is 23.5 Å². The quantitative estimate of drug-likeness (QED) is 0.911. The summed E-state index contributed by atoms with van der Waals surface area (Å²) < 4.78 is 1.67. The fourth-order valence-electron chi connectivity index (χ4n) is 3.40. The number of nitrogens with zero attached hydrogens (tertiary/aromatic N) is 3. The van der Waals surface area contributed by atoms with Crippen LogP contribution in [0.4, 0.5) is 0 Å². The highest BCUT2D eigenvalue weighted by atomic mass is 35.5. The predicted octanol–water partition coefficient (Wildman–Crippen LogP) is 3.16. The number of halogens is 1. The van der Waals surface area contributed by atoms with Crippen LogP contribution in [0.3, 0.4) is 0 Å². The monoisotopic (exact) mass is 361 g/mol. The number of carboxylic acid groups (broad SMARTS) is 1. The smallest absolute Gasteiger partial charge is 0.308 e. The summed E-state index contributed by atoms with van der Waals surface area (Å²) in [5, 5.41) is 14.3. The van der Waals surface area contributed by atoms with E-state index < -0.39 is 11.9 Å². The molecule has 1 fully saturated rings. The molecule has 132 valence electrons. The fourth-order valence-corrected chi connectivity index (χ4v) is 3.59. The average Bonchev–Trinajstić information content (AvgIpc) is 2.95. The minimum absolute atomic E-state index is 0.177. The van der Waals surface area contributed by atoms with Gasteiger partial charge < -0.3 is 10.0 Å². The van der Waals surface area contributed by atoms with E-state index in [1.807, 2.05) is 19.1 Å². The van der Waals surface area contributed by atoms with Crippen LogP contribution in [0.1, 0.15) is 35.8 Å². The van der Waals surface area contributed by atoms with Gasteiger partial charge in [-0.2, -0.15) is 5.10 Å². The third-order valence-corrected chi connectivity index (χ3v) is 5.09. The van der Waals surface area contributed by atoms with Crippen molar-refractivity contribution in [2.75, 3.05) is 6.54 Å². The number of carboxylic acids is 1. The number of carbonyl (C=O) groups is 2. The number of hydrogen-bond donors (Lipinski definition) is 1. The third kappa shape index (κ3) is 3.26. The second kappa shape index (κ2) is 6.88. The Hall–Kier alpha value is -2.34. The van der Waals surface area contributed by atoms with Gasteiger partial charge in [0.25, 0.3) is 5.91 Å². The maximum absolute atomic E-state index is 13.0. The van der Waals surface area contributed by atoms with Gasteiger partial charge in [0.05, 0.1) is 29.1 Å². The van der Waals surface area contributed by atoms with Crippen molar-refractivity contribution < 1.29 is 14.7 Å². The van der Waals surface area contributed by atoms with Crippen molar-refractivity contribution in [1.82, 2.24) is 14.7 Å². The van der Waals surface area contributed by atoms with Gasteiger partial charge in [0.1, 0.15) is 0 Å². The van der Waals surface area contributed by atoms with Crippen LogP contribution in [0.2, 0.25) is 5.02 Å². The molecule has 0 spiro atoms. The number of amides is 1. The Morgan fingerprint density at radius 2 is 2.12 bits per heavy atom. The van der Waals surface area contributed by atoms with Crippen LogP contribution in [0.15, 0.2) is 30.5 Å². The van der Waals surface area contributed by atoms with Crippen LogP contribution in [0, 0.1) is 12.8 Å². The predicted molar refractivity (Wildman–Crippen MR) is 94.2 cm³/mol. The van der Waals surface area contributed by atoms with E-state index in [-0.39, 0.29) is 11.9 Å². The lowest BCUT2D eigenvalue weighted by atomic mass is 9.90. The summed E-state index contributed by atoms with van der Waals surface area (Å²) in [6, 6.07) is 6.90. The van der Waals surface area contributed by atoms with Gasteiger partial charge >= 0.3 is 5.97 Å². The van der Waals surface area contributed by atoms with Gasteiger partial charge in [-0.25, -0.2) is 4.68 Å². The largest absolute Gasteiger partial charge is 0.481 e. The minimum atomic E-state index is -0.851. The molecule has 1 aliphatic rings. The molecule has 1 aromatic heterocycles. The summed E-state index contributed by atoms with van der Waals surface area (Å²) in [5.41, 5.74) is 1.97. The zero-order chi connectivity index (χ0) is 18.1. The normalized spacial score (nSPS) is 20.5. The van der Waals surface area contributed by atoms with E-state index in [0.29, 0.717) is 35.7 Å². The number of likely N-dealkylation sites (tertiary alicyclic amines) is 1. The lowest BCUT2D eigenvalue weighted by Crippen LogP contribution is -2.49. The van der Waals surface area contributed by atoms with E-state index in [1.54, 1.807) is 28.6 Å². The van der Waals surface area contributed by atoms with Gasteiger partial charge in [-0.3, -0.25) is 9.59 Å². The summed E-state index contributed by atoms with van der Waals surface area (Å²) in [5.74, 6) is -1.55. The average molecular weight is 362 g/mol.